The van der Waals surface area contributed by atoms with Crippen molar-refractivity contribution in [1.82, 2.24) is 24.9 Å². The van der Waals surface area contributed by atoms with Gasteiger partial charge in [0.05, 0.1) is 25.7 Å². The van der Waals surface area contributed by atoms with E-state index in [2.05, 4.69) is 20.3 Å². The van der Waals surface area contributed by atoms with E-state index in [1.165, 1.54) is 11.8 Å². The zero-order valence-corrected chi connectivity index (χ0v) is 20.5. The number of aromatic nitrogens is 5. The van der Waals surface area contributed by atoms with E-state index in [0.29, 0.717) is 39.2 Å². The summed E-state index contributed by atoms with van der Waals surface area (Å²) in [7, 11) is 3.26. The molecule has 0 bridgehead atoms. The Bertz CT molecular complexity index is 1450. The Morgan fingerprint density at radius 1 is 0.914 bits per heavy atom. The predicted octanol–water partition coefficient (Wildman–Crippen LogP) is 5.95. The van der Waals surface area contributed by atoms with Crippen LogP contribution in [0, 0.1) is 0 Å². The first-order chi connectivity index (χ1) is 17.2. The smallest absolute Gasteiger partial charge is 0.257 e. The molecule has 2 aromatic heterocycles. The molecule has 0 aliphatic rings. The van der Waals surface area contributed by atoms with Crippen molar-refractivity contribution in [3.63, 3.8) is 0 Å². The Morgan fingerprint density at radius 2 is 1.74 bits per heavy atom. The lowest BCUT2D eigenvalue weighted by Gasteiger charge is -2.13. The van der Waals surface area contributed by atoms with Crippen LogP contribution < -0.4 is 9.47 Å². The van der Waals surface area contributed by atoms with Crippen LogP contribution in [0.5, 0.6) is 11.5 Å². The van der Waals surface area contributed by atoms with Gasteiger partial charge in [0.25, 0.3) is 5.89 Å². The molecule has 0 aliphatic carbocycles. The minimum absolute atomic E-state index is 0.433. The number of ether oxygens (including phenoxy) is 2. The molecular weight excluding hydrogens is 486 g/mol. The molecule has 2 heterocycles. The van der Waals surface area contributed by atoms with Gasteiger partial charge in [-0.1, -0.05) is 52.8 Å². The second kappa shape index (κ2) is 10.2. The molecule has 8 nitrogen and oxygen atoms in total. The van der Waals surface area contributed by atoms with Crippen LogP contribution in [0.3, 0.4) is 0 Å². The minimum atomic E-state index is 0.433. The van der Waals surface area contributed by atoms with E-state index in [1.807, 2.05) is 77.4 Å². The average molecular weight is 506 g/mol. The number of nitrogens with zero attached hydrogens (tertiary/aromatic N) is 5. The lowest BCUT2D eigenvalue weighted by atomic mass is 10.2. The largest absolute Gasteiger partial charge is 0.497 e. The number of benzene rings is 3. The Labute approximate surface area is 210 Å². The van der Waals surface area contributed by atoms with Crippen molar-refractivity contribution in [3.8, 4) is 40.0 Å². The second-order valence-electron chi connectivity index (χ2n) is 7.36. The molecule has 5 aromatic rings. The van der Waals surface area contributed by atoms with Crippen molar-refractivity contribution in [3.05, 3.63) is 83.6 Å². The van der Waals surface area contributed by atoms with Gasteiger partial charge in [-0.05, 0) is 48.5 Å². The van der Waals surface area contributed by atoms with E-state index in [1.54, 1.807) is 14.2 Å². The van der Waals surface area contributed by atoms with Crippen LogP contribution in [-0.4, -0.2) is 39.1 Å². The van der Waals surface area contributed by atoms with Gasteiger partial charge < -0.3 is 14.0 Å². The number of methoxy groups -OCH3 is 2. The molecule has 0 spiro atoms. The molecule has 176 valence electrons. The molecule has 0 atom stereocenters. The molecule has 0 saturated heterocycles. The highest BCUT2D eigenvalue weighted by Crippen LogP contribution is 2.34. The molecule has 0 radical (unpaired) electrons. The molecule has 0 amide bonds. The van der Waals surface area contributed by atoms with Gasteiger partial charge in [-0.3, -0.25) is 4.57 Å². The van der Waals surface area contributed by atoms with Crippen molar-refractivity contribution < 1.29 is 14.0 Å². The molecule has 0 aliphatic heterocycles. The quantitative estimate of drug-likeness (QED) is 0.239. The molecule has 35 heavy (non-hydrogen) atoms. The van der Waals surface area contributed by atoms with E-state index in [9.17, 15) is 0 Å². The maximum atomic E-state index is 6.25. The first kappa shape index (κ1) is 22.9. The summed E-state index contributed by atoms with van der Waals surface area (Å²) in [6, 6.07) is 22.6. The lowest BCUT2D eigenvalue weighted by molar-refractivity contribution is 0.412. The SMILES string of the molecule is COc1ccc(-c2nc(CSc3nnc(-c4cccc(Cl)c4)n3-c3ccccc3OC)no2)cc1. The Kier molecular flexibility index (Phi) is 6.69. The summed E-state index contributed by atoms with van der Waals surface area (Å²) in [5.41, 5.74) is 2.46. The van der Waals surface area contributed by atoms with Crippen LogP contribution in [0.4, 0.5) is 0 Å². The van der Waals surface area contributed by atoms with Gasteiger partial charge in [0.15, 0.2) is 16.8 Å². The third-order valence-corrected chi connectivity index (χ3v) is 6.34. The van der Waals surface area contributed by atoms with E-state index in [4.69, 9.17) is 25.6 Å². The van der Waals surface area contributed by atoms with Gasteiger partial charge in [-0.2, -0.15) is 4.98 Å². The number of rotatable bonds is 8. The van der Waals surface area contributed by atoms with Crippen LogP contribution in [-0.2, 0) is 5.75 Å². The molecule has 0 saturated carbocycles. The fourth-order valence-corrected chi connectivity index (χ4v) is 4.48. The molecule has 0 N–H and O–H groups in total. The van der Waals surface area contributed by atoms with E-state index >= 15 is 0 Å². The van der Waals surface area contributed by atoms with Crippen molar-refractivity contribution >= 4 is 23.4 Å². The van der Waals surface area contributed by atoms with Gasteiger partial charge in [0.2, 0.25) is 0 Å². The molecular formula is C25H20ClN5O3S. The number of hydrogen-bond acceptors (Lipinski definition) is 8. The molecule has 0 fully saturated rings. The number of para-hydroxylation sites is 2. The average Bonchev–Trinajstić information content (AvgIpc) is 3.55. The summed E-state index contributed by atoms with van der Waals surface area (Å²) in [5.74, 6) is 3.51. The fourth-order valence-electron chi connectivity index (χ4n) is 3.50. The normalized spacial score (nSPS) is 10.9. The minimum Gasteiger partial charge on any atom is -0.497 e. The zero-order chi connectivity index (χ0) is 24.2. The fraction of sp³-hybridized carbons (Fsp3) is 0.120. The third kappa shape index (κ3) is 4.87. The van der Waals surface area contributed by atoms with E-state index in [-0.39, 0.29) is 0 Å². The highest BCUT2D eigenvalue weighted by molar-refractivity contribution is 7.98. The predicted molar refractivity (Wildman–Crippen MR) is 134 cm³/mol. The van der Waals surface area contributed by atoms with Crippen LogP contribution in [0.25, 0.3) is 28.5 Å². The van der Waals surface area contributed by atoms with Crippen molar-refractivity contribution in [2.75, 3.05) is 14.2 Å². The summed E-state index contributed by atoms with van der Waals surface area (Å²) in [6.07, 6.45) is 0. The summed E-state index contributed by atoms with van der Waals surface area (Å²) >= 11 is 7.69. The maximum Gasteiger partial charge on any atom is 0.257 e. The van der Waals surface area contributed by atoms with Crippen LogP contribution in [0.1, 0.15) is 5.82 Å². The monoisotopic (exact) mass is 505 g/mol. The molecule has 10 heteroatoms. The van der Waals surface area contributed by atoms with E-state index in [0.717, 1.165) is 22.6 Å². The van der Waals surface area contributed by atoms with Gasteiger partial charge in [0.1, 0.15) is 11.5 Å². The van der Waals surface area contributed by atoms with Crippen molar-refractivity contribution in [2.45, 2.75) is 10.9 Å². The van der Waals surface area contributed by atoms with Gasteiger partial charge >= 0.3 is 0 Å². The van der Waals surface area contributed by atoms with Gasteiger partial charge in [-0.15, -0.1) is 10.2 Å². The highest BCUT2D eigenvalue weighted by atomic mass is 35.5. The van der Waals surface area contributed by atoms with Crippen LogP contribution in [0.2, 0.25) is 5.02 Å². The Morgan fingerprint density at radius 3 is 2.51 bits per heavy atom. The van der Waals surface area contributed by atoms with Gasteiger partial charge in [-0.25, -0.2) is 0 Å². The van der Waals surface area contributed by atoms with E-state index < -0.39 is 0 Å². The van der Waals surface area contributed by atoms with Crippen molar-refractivity contribution in [2.24, 2.45) is 0 Å². The maximum absolute atomic E-state index is 6.25. The summed E-state index contributed by atoms with van der Waals surface area (Å²) < 4.78 is 18.2. The summed E-state index contributed by atoms with van der Waals surface area (Å²) in [5, 5.41) is 14.3. The van der Waals surface area contributed by atoms with Gasteiger partial charge in [0, 0.05) is 16.1 Å². The van der Waals surface area contributed by atoms with Crippen molar-refractivity contribution in [1.29, 1.82) is 0 Å². The first-order valence-electron chi connectivity index (χ1n) is 10.6. The molecule has 3 aromatic carbocycles. The molecule has 0 unspecified atom stereocenters. The number of thioether (sulfide) groups is 1. The zero-order valence-electron chi connectivity index (χ0n) is 18.9. The third-order valence-electron chi connectivity index (χ3n) is 5.18. The summed E-state index contributed by atoms with van der Waals surface area (Å²) in [4.78, 5) is 4.52. The number of halogens is 1. The molecule has 5 rings (SSSR count). The highest BCUT2D eigenvalue weighted by Gasteiger charge is 2.20. The van der Waals surface area contributed by atoms with Crippen LogP contribution >= 0.6 is 23.4 Å². The second-order valence-corrected chi connectivity index (χ2v) is 8.74. The topological polar surface area (TPSA) is 88.1 Å². The van der Waals surface area contributed by atoms with Crippen LogP contribution in [0.15, 0.2) is 82.5 Å². The summed E-state index contributed by atoms with van der Waals surface area (Å²) in [6.45, 7) is 0. The Hall–Kier alpha value is -3.82. The first-order valence-corrected chi connectivity index (χ1v) is 12.0. The Balaban J connectivity index is 1.46. The lowest BCUT2D eigenvalue weighted by Crippen LogP contribution is -2.02. The number of hydrogen-bond donors (Lipinski definition) is 0. The standard InChI is InChI=1S/C25H20ClN5O3S/c1-32-19-12-10-16(11-13-19)24-27-22(30-34-24)15-35-25-29-28-23(17-6-5-7-18(26)14-17)31(25)20-8-3-4-9-21(20)33-2/h3-14H,15H2,1-2H3.